The molecule has 0 amide bonds. The van der Waals surface area contributed by atoms with Crippen LogP contribution in [0, 0.1) is 4.64 Å². The molecule has 1 aliphatic carbocycles. The fourth-order valence-corrected chi connectivity index (χ4v) is 2.55. The van der Waals surface area contributed by atoms with Crippen LogP contribution in [0.5, 0.6) is 0 Å². The van der Waals surface area contributed by atoms with Gasteiger partial charge in [0.05, 0.1) is 17.0 Å². The summed E-state index contributed by atoms with van der Waals surface area (Å²) >= 11 is 8.80. The molecule has 2 heterocycles. The Hall–Kier alpha value is -1.01. The number of aryl methyl sites for hydroxylation is 1. The molecule has 0 unspecified atom stereocenters. The maximum absolute atomic E-state index is 5.28. The molecule has 17 heavy (non-hydrogen) atoms. The molecule has 1 fully saturated rings. The molecule has 6 heteroatoms. The van der Waals surface area contributed by atoms with Crippen LogP contribution in [0.1, 0.15) is 24.5 Å². The minimum atomic E-state index is 0.598. The lowest BCUT2D eigenvalue weighted by Gasteiger charge is -2.07. The van der Waals surface area contributed by atoms with Gasteiger partial charge in [0.15, 0.2) is 5.82 Å². The highest BCUT2D eigenvalue weighted by Crippen LogP contribution is 2.42. The van der Waals surface area contributed by atoms with E-state index >= 15 is 0 Å². The quantitative estimate of drug-likeness (QED) is 0.867. The number of hydrogen-bond acceptors (Lipinski definition) is 3. The van der Waals surface area contributed by atoms with Gasteiger partial charge >= 0.3 is 0 Å². The summed E-state index contributed by atoms with van der Waals surface area (Å²) in [4.78, 5) is 11.9. The molecular weight excluding hydrogens is 300 g/mol. The van der Waals surface area contributed by atoms with E-state index in [0.717, 1.165) is 16.0 Å². The molecule has 0 saturated heterocycles. The maximum Gasteiger partial charge on any atom is 0.157 e. The Morgan fingerprint density at radius 2 is 2.29 bits per heavy atom. The van der Waals surface area contributed by atoms with Crippen molar-refractivity contribution in [3.05, 3.63) is 27.3 Å². The second-order valence-electron chi connectivity index (χ2n) is 4.28. The summed E-state index contributed by atoms with van der Waals surface area (Å²) in [7, 11) is 1.94. The van der Waals surface area contributed by atoms with Crippen molar-refractivity contribution in [2.45, 2.75) is 18.8 Å². The van der Waals surface area contributed by atoms with Crippen LogP contribution >= 0.6 is 28.1 Å². The number of hydrogen-bond donors (Lipinski definition) is 1. The van der Waals surface area contributed by atoms with Gasteiger partial charge < -0.3 is 9.55 Å². The highest BCUT2D eigenvalue weighted by molar-refractivity contribution is 9.10. The first-order chi connectivity index (χ1) is 8.16. The number of imidazole rings is 1. The third-order valence-corrected chi connectivity index (χ3v) is 4.30. The molecule has 0 spiro atoms. The highest BCUT2D eigenvalue weighted by atomic mass is 79.9. The molecule has 0 radical (unpaired) electrons. The lowest BCUT2D eigenvalue weighted by molar-refractivity contribution is 0.894. The van der Waals surface area contributed by atoms with Crippen molar-refractivity contribution in [2.75, 3.05) is 0 Å². The number of aromatic nitrogens is 4. The normalized spacial score (nSPS) is 15.2. The predicted octanol–water partition coefficient (Wildman–Crippen LogP) is 3.18. The van der Waals surface area contributed by atoms with Crippen LogP contribution in [0.15, 0.2) is 17.0 Å². The zero-order valence-electron chi connectivity index (χ0n) is 9.27. The Balaban J connectivity index is 2.18. The Labute approximate surface area is 112 Å². The maximum atomic E-state index is 5.28. The molecule has 0 aromatic carbocycles. The number of nitrogens with zero attached hydrogens (tertiary/aromatic N) is 3. The van der Waals surface area contributed by atoms with Crippen LogP contribution in [-0.4, -0.2) is 19.5 Å². The van der Waals surface area contributed by atoms with Crippen LogP contribution in [0.4, 0.5) is 0 Å². The Morgan fingerprint density at radius 3 is 2.88 bits per heavy atom. The first kappa shape index (κ1) is 11.1. The minimum Gasteiger partial charge on any atom is -0.341 e. The van der Waals surface area contributed by atoms with Crippen molar-refractivity contribution in [1.29, 1.82) is 0 Å². The molecule has 2 aromatic rings. The Kier molecular flexibility index (Phi) is 2.63. The molecular formula is C11H11BrN4S. The zero-order valence-corrected chi connectivity index (χ0v) is 11.7. The number of H-pyrrole nitrogens is 1. The molecule has 3 rings (SSSR count). The van der Waals surface area contributed by atoms with E-state index in [0.29, 0.717) is 10.6 Å². The van der Waals surface area contributed by atoms with Gasteiger partial charge in [-0.1, -0.05) is 12.2 Å². The summed E-state index contributed by atoms with van der Waals surface area (Å²) in [5, 5.41) is 0. The van der Waals surface area contributed by atoms with Gasteiger partial charge in [0, 0.05) is 18.7 Å². The van der Waals surface area contributed by atoms with Gasteiger partial charge in [-0.15, -0.1) is 0 Å². The fraction of sp³-hybridized carbons (Fsp3) is 0.364. The molecule has 88 valence electrons. The second-order valence-corrected chi connectivity index (χ2v) is 5.46. The predicted molar refractivity (Wildman–Crippen MR) is 71.3 cm³/mol. The van der Waals surface area contributed by atoms with Gasteiger partial charge in [-0.05, 0) is 28.8 Å². The van der Waals surface area contributed by atoms with E-state index in [9.17, 15) is 0 Å². The molecule has 1 N–H and O–H groups in total. The van der Waals surface area contributed by atoms with E-state index in [1.54, 1.807) is 12.5 Å². The van der Waals surface area contributed by atoms with Crippen LogP contribution < -0.4 is 0 Å². The summed E-state index contributed by atoms with van der Waals surface area (Å²) in [5.74, 6) is 1.39. The van der Waals surface area contributed by atoms with Crippen LogP contribution in [0.25, 0.3) is 11.5 Å². The van der Waals surface area contributed by atoms with Gasteiger partial charge in [0.1, 0.15) is 10.3 Å². The summed E-state index contributed by atoms with van der Waals surface area (Å²) in [5.41, 5.74) is 2.12. The third kappa shape index (κ3) is 1.95. The highest BCUT2D eigenvalue weighted by Gasteiger charge is 2.27. The van der Waals surface area contributed by atoms with Gasteiger partial charge in [0.2, 0.25) is 0 Å². The molecule has 0 atom stereocenters. The number of aromatic amines is 1. The van der Waals surface area contributed by atoms with Crippen molar-refractivity contribution in [3.8, 4) is 11.5 Å². The summed E-state index contributed by atoms with van der Waals surface area (Å²) in [6.07, 6.45) is 5.99. The first-order valence-corrected chi connectivity index (χ1v) is 6.63. The molecule has 0 aliphatic heterocycles. The fourth-order valence-electron chi connectivity index (χ4n) is 1.84. The molecule has 1 aliphatic rings. The molecule has 1 saturated carbocycles. The summed E-state index contributed by atoms with van der Waals surface area (Å²) < 4.78 is 3.47. The van der Waals surface area contributed by atoms with Gasteiger partial charge in [-0.2, -0.15) is 0 Å². The van der Waals surface area contributed by atoms with E-state index < -0.39 is 0 Å². The first-order valence-electron chi connectivity index (χ1n) is 5.43. The van der Waals surface area contributed by atoms with Crippen molar-refractivity contribution >= 4 is 28.1 Å². The molecule has 4 nitrogen and oxygen atoms in total. The van der Waals surface area contributed by atoms with Crippen molar-refractivity contribution in [1.82, 2.24) is 19.5 Å². The second kappa shape index (κ2) is 4.03. The number of rotatable bonds is 2. The number of nitrogens with one attached hydrogen (secondary N) is 1. The van der Waals surface area contributed by atoms with Crippen LogP contribution in [-0.2, 0) is 7.05 Å². The van der Waals surface area contributed by atoms with Gasteiger partial charge in [0.25, 0.3) is 0 Å². The SMILES string of the molecule is Cn1cncc1-c1nc(=S)c(Br)c(C2CC2)[nH]1. The lowest BCUT2D eigenvalue weighted by atomic mass is 10.3. The van der Waals surface area contributed by atoms with E-state index in [1.807, 2.05) is 11.6 Å². The average Bonchev–Trinajstić information content (AvgIpc) is 3.05. The minimum absolute atomic E-state index is 0.598. The van der Waals surface area contributed by atoms with Crippen LogP contribution in [0.3, 0.4) is 0 Å². The summed E-state index contributed by atoms with van der Waals surface area (Å²) in [6.45, 7) is 0. The smallest absolute Gasteiger partial charge is 0.157 e. The zero-order chi connectivity index (χ0) is 12.0. The van der Waals surface area contributed by atoms with Gasteiger partial charge in [-0.3, -0.25) is 0 Å². The van der Waals surface area contributed by atoms with Crippen molar-refractivity contribution < 1.29 is 0 Å². The van der Waals surface area contributed by atoms with Gasteiger partial charge in [-0.25, -0.2) is 9.97 Å². The van der Waals surface area contributed by atoms with Crippen LogP contribution in [0.2, 0.25) is 0 Å². The average molecular weight is 311 g/mol. The summed E-state index contributed by atoms with van der Waals surface area (Å²) in [6, 6.07) is 0. The Bertz CT molecular complexity index is 627. The standard InChI is InChI=1S/C11H11BrN4S/c1-16-5-13-4-7(16)10-14-9(6-2-3-6)8(12)11(17)15-10/h4-6H,2-3H2,1H3,(H,14,15,17). The third-order valence-electron chi connectivity index (χ3n) is 2.94. The van der Waals surface area contributed by atoms with E-state index in [2.05, 4.69) is 30.9 Å². The molecule has 2 aromatic heterocycles. The van der Waals surface area contributed by atoms with Crippen molar-refractivity contribution in [3.63, 3.8) is 0 Å². The topological polar surface area (TPSA) is 46.5 Å². The monoisotopic (exact) mass is 310 g/mol. The van der Waals surface area contributed by atoms with E-state index in [1.165, 1.54) is 18.5 Å². The van der Waals surface area contributed by atoms with Crippen molar-refractivity contribution in [2.24, 2.45) is 7.05 Å². The van der Waals surface area contributed by atoms with E-state index in [-0.39, 0.29) is 0 Å². The molecule has 0 bridgehead atoms. The Morgan fingerprint density at radius 1 is 1.53 bits per heavy atom. The number of halogens is 1. The lowest BCUT2D eigenvalue weighted by Crippen LogP contribution is -2.00. The largest absolute Gasteiger partial charge is 0.341 e. The van der Waals surface area contributed by atoms with E-state index in [4.69, 9.17) is 12.2 Å².